The Kier molecular flexibility index (Phi) is 3.05. The molecule has 20 heavy (non-hydrogen) atoms. The molecule has 0 amide bonds. The van der Waals surface area contributed by atoms with Gasteiger partial charge in [0.1, 0.15) is 5.65 Å². The van der Waals surface area contributed by atoms with Gasteiger partial charge in [-0.15, -0.1) is 11.3 Å². The third-order valence-corrected chi connectivity index (χ3v) is 4.64. The third kappa shape index (κ3) is 2.37. The van der Waals surface area contributed by atoms with Crippen LogP contribution in [0.1, 0.15) is 23.3 Å². The van der Waals surface area contributed by atoms with Crippen molar-refractivity contribution in [2.24, 2.45) is 0 Å². The number of nitrogens with zero attached hydrogens (tertiary/aromatic N) is 2. The fourth-order valence-electron chi connectivity index (χ4n) is 2.57. The Hall–Kier alpha value is -1.65. The lowest BCUT2D eigenvalue weighted by Crippen LogP contribution is -2.14. The second kappa shape index (κ2) is 5.04. The quantitative estimate of drug-likeness (QED) is 0.778. The molecule has 3 nitrogen and oxygen atoms in total. The second-order valence-electron chi connectivity index (χ2n) is 5.39. The lowest BCUT2D eigenvalue weighted by molar-refractivity contribution is 0.687. The summed E-state index contributed by atoms with van der Waals surface area (Å²) in [5.41, 5.74) is 2.45. The van der Waals surface area contributed by atoms with Crippen LogP contribution in [0.5, 0.6) is 0 Å². The van der Waals surface area contributed by atoms with Crippen molar-refractivity contribution in [2.45, 2.75) is 32.0 Å². The first-order valence-electron chi connectivity index (χ1n) is 7.08. The summed E-state index contributed by atoms with van der Waals surface area (Å²) in [6, 6.07) is 9.23. The van der Waals surface area contributed by atoms with E-state index in [1.165, 1.54) is 28.7 Å². The second-order valence-corrected chi connectivity index (χ2v) is 6.42. The van der Waals surface area contributed by atoms with Crippen molar-refractivity contribution in [3.05, 3.63) is 52.5 Å². The minimum absolute atomic E-state index is 0.738. The highest BCUT2D eigenvalue weighted by Gasteiger charge is 2.21. The molecule has 102 valence electrons. The van der Waals surface area contributed by atoms with Gasteiger partial charge in [-0.25, -0.2) is 4.98 Å². The minimum Gasteiger partial charge on any atom is -0.327 e. The number of nitrogens with one attached hydrogen (secondary N) is 1. The fraction of sp³-hybridized carbons (Fsp3) is 0.312. The maximum atomic E-state index is 4.56. The molecule has 3 heterocycles. The van der Waals surface area contributed by atoms with Crippen LogP contribution in [0.2, 0.25) is 0 Å². The molecule has 0 atom stereocenters. The zero-order valence-electron chi connectivity index (χ0n) is 11.2. The summed E-state index contributed by atoms with van der Waals surface area (Å²) in [7, 11) is 0. The van der Waals surface area contributed by atoms with Crippen LogP contribution in [0.4, 0.5) is 0 Å². The van der Waals surface area contributed by atoms with Crippen LogP contribution in [0.3, 0.4) is 0 Å². The van der Waals surface area contributed by atoms with Crippen molar-refractivity contribution in [3.63, 3.8) is 0 Å². The Bertz CT molecular complexity index is 710. The number of hydrogen-bond donors (Lipinski definition) is 1. The van der Waals surface area contributed by atoms with Crippen LogP contribution < -0.4 is 5.32 Å². The van der Waals surface area contributed by atoms with Gasteiger partial charge in [-0.05, 0) is 42.0 Å². The molecule has 0 unspecified atom stereocenters. The van der Waals surface area contributed by atoms with Gasteiger partial charge in [-0.3, -0.25) is 0 Å². The van der Waals surface area contributed by atoms with Crippen molar-refractivity contribution in [1.82, 2.24) is 14.9 Å². The highest BCUT2D eigenvalue weighted by molar-refractivity contribution is 7.09. The molecule has 0 spiro atoms. The monoisotopic (exact) mass is 283 g/mol. The molecule has 1 aliphatic carbocycles. The number of thiophene rings is 1. The molecule has 0 bridgehead atoms. The van der Waals surface area contributed by atoms with Gasteiger partial charge < -0.3 is 9.88 Å². The molecule has 0 radical (unpaired) electrons. The Morgan fingerprint density at radius 2 is 2.25 bits per heavy atom. The van der Waals surface area contributed by atoms with Gasteiger partial charge in [-0.1, -0.05) is 6.07 Å². The minimum atomic E-state index is 0.738. The Morgan fingerprint density at radius 3 is 3.05 bits per heavy atom. The summed E-state index contributed by atoms with van der Waals surface area (Å²) in [6.45, 7) is 1.86. The van der Waals surface area contributed by atoms with Gasteiger partial charge in [0.25, 0.3) is 0 Å². The molecule has 1 aliphatic rings. The van der Waals surface area contributed by atoms with Gasteiger partial charge in [-0.2, -0.15) is 0 Å². The standard InChI is InChI=1S/C16H17N3S/c1-4-15-12(9-18-13-5-6-13)10-19(16(15)17-7-1)11-14-3-2-8-20-14/h1-4,7-8,10,13,18H,5-6,9,11H2. The smallest absolute Gasteiger partial charge is 0.140 e. The van der Waals surface area contributed by atoms with Gasteiger partial charge in [0.2, 0.25) is 0 Å². The predicted molar refractivity (Wildman–Crippen MR) is 83.0 cm³/mol. The highest BCUT2D eigenvalue weighted by Crippen LogP contribution is 2.24. The lowest BCUT2D eigenvalue weighted by atomic mass is 10.2. The molecule has 4 heteroatoms. The molecule has 0 saturated heterocycles. The molecular weight excluding hydrogens is 266 g/mol. The van der Waals surface area contributed by atoms with E-state index in [4.69, 9.17) is 0 Å². The largest absolute Gasteiger partial charge is 0.327 e. The number of fused-ring (bicyclic) bond motifs is 1. The SMILES string of the molecule is c1csc(Cn2cc(CNC3CC3)c3cccnc32)c1. The van der Waals surface area contributed by atoms with E-state index >= 15 is 0 Å². The van der Waals surface area contributed by atoms with Crippen molar-refractivity contribution >= 4 is 22.4 Å². The number of hydrogen-bond acceptors (Lipinski definition) is 3. The zero-order chi connectivity index (χ0) is 13.4. The maximum absolute atomic E-state index is 4.56. The van der Waals surface area contributed by atoms with E-state index in [9.17, 15) is 0 Å². The first kappa shape index (κ1) is 12.1. The van der Waals surface area contributed by atoms with E-state index in [-0.39, 0.29) is 0 Å². The van der Waals surface area contributed by atoms with E-state index < -0.39 is 0 Å². The number of rotatable bonds is 5. The summed E-state index contributed by atoms with van der Waals surface area (Å²) in [5, 5.41) is 7.00. The maximum Gasteiger partial charge on any atom is 0.140 e. The van der Waals surface area contributed by atoms with E-state index in [0.29, 0.717) is 0 Å². The van der Waals surface area contributed by atoms with E-state index in [2.05, 4.69) is 44.6 Å². The van der Waals surface area contributed by atoms with Crippen molar-refractivity contribution in [1.29, 1.82) is 0 Å². The van der Waals surface area contributed by atoms with Crippen LogP contribution in [0.15, 0.2) is 42.0 Å². The van der Waals surface area contributed by atoms with E-state index in [1.54, 1.807) is 11.3 Å². The van der Waals surface area contributed by atoms with Crippen molar-refractivity contribution < 1.29 is 0 Å². The average molecular weight is 283 g/mol. The van der Waals surface area contributed by atoms with Crippen LogP contribution in [0, 0.1) is 0 Å². The number of pyridine rings is 1. The summed E-state index contributed by atoms with van der Waals surface area (Å²) in [5.74, 6) is 0. The topological polar surface area (TPSA) is 29.9 Å². The summed E-state index contributed by atoms with van der Waals surface area (Å²) in [6.07, 6.45) is 6.79. The molecule has 4 rings (SSSR count). The normalized spacial score (nSPS) is 15.0. The summed E-state index contributed by atoms with van der Waals surface area (Å²) >= 11 is 1.80. The highest BCUT2D eigenvalue weighted by atomic mass is 32.1. The Balaban J connectivity index is 1.68. The van der Waals surface area contributed by atoms with Crippen molar-refractivity contribution in [3.8, 4) is 0 Å². The Morgan fingerprint density at radius 1 is 1.30 bits per heavy atom. The zero-order valence-corrected chi connectivity index (χ0v) is 12.1. The summed E-state index contributed by atoms with van der Waals surface area (Å²) < 4.78 is 2.27. The molecule has 0 aromatic carbocycles. The molecule has 1 saturated carbocycles. The summed E-state index contributed by atoms with van der Waals surface area (Å²) in [4.78, 5) is 5.93. The van der Waals surface area contributed by atoms with Crippen LogP contribution in [-0.2, 0) is 13.1 Å². The lowest BCUT2D eigenvalue weighted by Gasteiger charge is -2.01. The predicted octanol–water partition coefficient (Wildman–Crippen LogP) is 3.40. The Labute approximate surface area is 122 Å². The van der Waals surface area contributed by atoms with Crippen molar-refractivity contribution in [2.75, 3.05) is 0 Å². The molecule has 0 aliphatic heterocycles. The van der Waals surface area contributed by atoms with Gasteiger partial charge in [0, 0.05) is 35.2 Å². The van der Waals surface area contributed by atoms with Gasteiger partial charge >= 0.3 is 0 Å². The molecule has 3 aromatic rings. The molecule has 1 fully saturated rings. The van der Waals surface area contributed by atoms with Crippen LogP contribution in [-0.4, -0.2) is 15.6 Å². The van der Waals surface area contributed by atoms with E-state index in [1.807, 2.05) is 12.3 Å². The fourth-order valence-corrected chi connectivity index (χ4v) is 3.27. The average Bonchev–Trinajstić information content (AvgIpc) is 3.05. The first-order chi connectivity index (χ1) is 9.90. The third-order valence-electron chi connectivity index (χ3n) is 3.78. The molecule has 1 N–H and O–H groups in total. The van der Waals surface area contributed by atoms with E-state index in [0.717, 1.165) is 24.8 Å². The van der Waals surface area contributed by atoms with Crippen LogP contribution >= 0.6 is 11.3 Å². The van der Waals surface area contributed by atoms with Crippen LogP contribution in [0.25, 0.3) is 11.0 Å². The van der Waals surface area contributed by atoms with Gasteiger partial charge in [0.15, 0.2) is 0 Å². The molecular formula is C16H17N3S. The van der Waals surface area contributed by atoms with Gasteiger partial charge in [0.05, 0.1) is 6.54 Å². The molecule has 3 aromatic heterocycles. The number of aromatic nitrogens is 2. The first-order valence-corrected chi connectivity index (χ1v) is 7.96.